The van der Waals surface area contributed by atoms with Crippen LogP contribution in [0.1, 0.15) is 38.3 Å². The molecule has 0 aliphatic heterocycles. The summed E-state index contributed by atoms with van der Waals surface area (Å²) in [5, 5.41) is 6.43. The first-order valence-corrected chi connectivity index (χ1v) is 9.04. The van der Waals surface area contributed by atoms with Gasteiger partial charge in [0.05, 0.1) is 18.2 Å². The summed E-state index contributed by atoms with van der Waals surface area (Å²) in [5.74, 6) is 0.319. The van der Waals surface area contributed by atoms with Gasteiger partial charge in [-0.1, -0.05) is 6.07 Å². The Bertz CT molecular complexity index is 593. The number of guanidine groups is 1. The highest BCUT2D eigenvalue weighted by molar-refractivity contribution is 5.80. The minimum absolute atomic E-state index is 0.0208. The fourth-order valence-corrected chi connectivity index (χ4v) is 3.04. The molecule has 0 aromatic carbocycles. The number of rotatable bonds is 5. The van der Waals surface area contributed by atoms with Gasteiger partial charge in [-0.05, 0) is 44.7 Å². The summed E-state index contributed by atoms with van der Waals surface area (Å²) in [6, 6.07) is 5.79. The second kappa shape index (κ2) is 9.09. The Morgan fingerprint density at radius 1 is 1.23 bits per heavy atom. The van der Waals surface area contributed by atoms with Crippen LogP contribution in [0, 0.1) is 5.92 Å². The zero-order valence-corrected chi connectivity index (χ0v) is 15.6. The Labute approximate surface area is 153 Å². The third kappa shape index (κ3) is 6.07. The average Bonchev–Trinajstić information content (AvgIpc) is 2.60. The second-order valence-electron chi connectivity index (χ2n) is 6.81. The molecule has 146 valence electrons. The fraction of sp³-hybridized carbons (Fsp3) is 0.667. The van der Waals surface area contributed by atoms with E-state index in [1.807, 2.05) is 44.1 Å². The number of alkyl halides is 3. The maximum absolute atomic E-state index is 12.8. The van der Waals surface area contributed by atoms with Gasteiger partial charge in [0.15, 0.2) is 5.96 Å². The van der Waals surface area contributed by atoms with E-state index in [2.05, 4.69) is 20.6 Å². The molecule has 0 amide bonds. The summed E-state index contributed by atoms with van der Waals surface area (Å²) in [6.07, 6.45) is -2.72. The highest BCUT2D eigenvalue weighted by atomic mass is 19.4. The van der Waals surface area contributed by atoms with Crippen LogP contribution < -0.4 is 15.5 Å². The maximum atomic E-state index is 12.8. The minimum Gasteiger partial charge on any atom is -0.363 e. The number of aromatic nitrogens is 1. The number of nitrogens with zero attached hydrogens (tertiary/aromatic N) is 3. The summed E-state index contributed by atoms with van der Waals surface area (Å²) in [4.78, 5) is 11.0. The minimum atomic E-state index is -4.08. The van der Waals surface area contributed by atoms with Crippen LogP contribution in [0.25, 0.3) is 0 Å². The molecule has 0 radical (unpaired) electrons. The van der Waals surface area contributed by atoms with Crippen molar-refractivity contribution in [2.45, 2.75) is 51.4 Å². The van der Waals surface area contributed by atoms with Crippen LogP contribution in [0.3, 0.4) is 0 Å². The van der Waals surface area contributed by atoms with Gasteiger partial charge in [0, 0.05) is 26.7 Å². The van der Waals surface area contributed by atoms with Gasteiger partial charge in [-0.15, -0.1) is 0 Å². The van der Waals surface area contributed by atoms with E-state index in [1.54, 1.807) is 0 Å². The molecule has 0 unspecified atom stereocenters. The summed E-state index contributed by atoms with van der Waals surface area (Å²) in [7, 11) is 3.86. The molecular weight excluding hydrogens is 343 g/mol. The molecule has 8 heteroatoms. The van der Waals surface area contributed by atoms with E-state index in [0.29, 0.717) is 31.9 Å². The zero-order valence-electron chi connectivity index (χ0n) is 15.6. The number of anilines is 1. The number of halogens is 3. The molecule has 1 aromatic rings. The van der Waals surface area contributed by atoms with E-state index in [1.165, 1.54) is 0 Å². The number of hydrogen-bond donors (Lipinski definition) is 2. The van der Waals surface area contributed by atoms with Crippen molar-refractivity contribution in [1.29, 1.82) is 0 Å². The van der Waals surface area contributed by atoms with Gasteiger partial charge in [0.1, 0.15) is 5.82 Å². The predicted molar refractivity (Wildman–Crippen MR) is 98.3 cm³/mol. The molecule has 1 saturated carbocycles. The topological polar surface area (TPSA) is 52.6 Å². The van der Waals surface area contributed by atoms with Crippen LogP contribution in [0.15, 0.2) is 23.2 Å². The highest BCUT2D eigenvalue weighted by Gasteiger charge is 2.41. The normalized spacial score (nSPS) is 21.4. The van der Waals surface area contributed by atoms with Gasteiger partial charge in [-0.3, -0.25) is 0 Å². The van der Waals surface area contributed by atoms with Crippen molar-refractivity contribution in [2.24, 2.45) is 10.9 Å². The number of aliphatic imine (C=N–C) groups is 1. The van der Waals surface area contributed by atoms with Crippen molar-refractivity contribution in [3.05, 3.63) is 23.9 Å². The van der Waals surface area contributed by atoms with Gasteiger partial charge in [0.2, 0.25) is 0 Å². The Balaban J connectivity index is 1.94. The lowest BCUT2D eigenvalue weighted by molar-refractivity contribution is -0.182. The van der Waals surface area contributed by atoms with E-state index in [4.69, 9.17) is 0 Å². The van der Waals surface area contributed by atoms with Crippen molar-refractivity contribution in [2.75, 3.05) is 25.5 Å². The van der Waals surface area contributed by atoms with E-state index >= 15 is 0 Å². The van der Waals surface area contributed by atoms with E-state index in [9.17, 15) is 13.2 Å². The molecule has 5 nitrogen and oxygen atoms in total. The third-order valence-electron chi connectivity index (χ3n) is 4.52. The first-order chi connectivity index (χ1) is 12.3. The maximum Gasteiger partial charge on any atom is 0.391 e. The van der Waals surface area contributed by atoms with Crippen LogP contribution in [0.2, 0.25) is 0 Å². The Morgan fingerprint density at radius 2 is 1.92 bits per heavy atom. The number of hydrogen-bond acceptors (Lipinski definition) is 3. The van der Waals surface area contributed by atoms with Crippen molar-refractivity contribution >= 4 is 11.8 Å². The van der Waals surface area contributed by atoms with Crippen LogP contribution in [-0.4, -0.2) is 43.8 Å². The molecule has 0 spiro atoms. The molecule has 0 atom stereocenters. The lowest BCUT2D eigenvalue weighted by atomic mass is 9.85. The van der Waals surface area contributed by atoms with Gasteiger partial charge in [-0.25, -0.2) is 9.98 Å². The quantitative estimate of drug-likeness (QED) is 0.616. The monoisotopic (exact) mass is 371 g/mol. The van der Waals surface area contributed by atoms with Crippen LogP contribution >= 0.6 is 0 Å². The summed E-state index contributed by atoms with van der Waals surface area (Å²) in [6.45, 7) is 3.06. The fourth-order valence-electron chi connectivity index (χ4n) is 3.04. The SMILES string of the molecule is CCNC(=NCc1cccc(N(C)C)n1)NC1CCC(C(F)(F)F)CC1. The summed E-state index contributed by atoms with van der Waals surface area (Å²) < 4.78 is 38.3. The molecule has 1 fully saturated rings. The molecule has 1 aliphatic rings. The second-order valence-corrected chi connectivity index (χ2v) is 6.81. The molecule has 1 aromatic heterocycles. The first kappa shape index (κ1) is 20.3. The number of nitrogens with one attached hydrogen (secondary N) is 2. The molecule has 0 bridgehead atoms. The van der Waals surface area contributed by atoms with Gasteiger partial charge < -0.3 is 15.5 Å². The smallest absolute Gasteiger partial charge is 0.363 e. The molecule has 1 aliphatic carbocycles. The first-order valence-electron chi connectivity index (χ1n) is 9.04. The van der Waals surface area contributed by atoms with Crippen molar-refractivity contribution in [3.63, 3.8) is 0 Å². The molecule has 2 rings (SSSR count). The zero-order chi connectivity index (χ0) is 19.2. The molecule has 0 saturated heterocycles. The lowest BCUT2D eigenvalue weighted by Gasteiger charge is -2.31. The molecule has 1 heterocycles. The van der Waals surface area contributed by atoms with Crippen LogP contribution in [0.5, 0.6) is 0 Å². The van der Waals surface area contributed by atoms with Crippen molar-refractivity contribution < 1.29 is 13.2 Å². The Hall–Kier alpha value is -1.99. The Morgan fingerprint density at radius 3 is 2.50 bits per heavy atom. The van der Waals surface area contributed by atoms with Gasteiger partial charge >= 0.3 is 6.18 Å². The van der Waals surface area contributed by atoms with E-state index in [0.717, 1.165) is 11.5 Å². The number of pyridine rings is 1. The van der Waals surface area contributed by atoms with E-state index < -0.39 is 12.1 Å². The molecule has 26 heavy (non-hydrogen) atoms. The van der Waals surface area contributed by atoms with Crippen molar-refractivity contribution in [3.8, 4) is 0 Å². The van der Waals surface area contributed by atoms with E-state index in [-0.39, 0.29) is 18.9 Å². The molecule has 2 N–H and O–H groups in total. The predicted octanol–water partition coefficient (Wildman–Crippen LogP) is 3.32. The molecular formula is C18H28F3N5. The van der Waals surface area contributed by atoms with Crippen LogP contribution in [0.4, 0.5) is 19.0 Å². The highest BCUT2D eigenvalue weighted by Crippen LogP contribution is 2.37. The van der Waals surface area contributed by atoms with Crippen LogP contribution in [-0.2, 0) is 6.54 Å². The van der Waals surface area contributed by atoms with Crippen molar-refractivity contribution in [1.82, 2.24) is 15.6 Å². The summed E-state index contributed by atoms with van der Waals surface area (Å²) in [5.41, 5.74) is 0.842. The third-order valence-corrected chi connectivity index (χ3v) is 4.52. The Kier molecular flexibility index (Phi) is 7.11. The van der Waals surface area contributed by atoms with Gasteiger partial charge in [0.25, 0.3) is 0 Å². The average molecular weight is 371 g/mol. The lowest BCUT2D eigenvalue weighted by Crippen LogP contribution is -2.45. The van der Waals surface area contributed by atoms with Gasteiger partial charge in [-0.2, -0.15) is 13.2 Å². The standard InChI is InChI=1S/C18H28F3N5/c1-4-22-17(23-12-15-6-5-7-16(24-15)26(2)3)25-14-10-8-13(9-11-14)18(19,20)21/h5-7,13-14H,4,8-12H2,1-3H3,(H2,22,23,25). The largest absolute Gasteiger partial charge is 0.391 e. The summed E-state index contributed by atoms with van der Waals surface area (Å²) >= 11 is 0.